The molecule has 0 spiro atoms. The van der Waals surface area contributed by atoms with Crippen molar-refractivity contribution in [2.75, 3.05) is 39.6 Å². The van der Waals surface area contributed by atoms with Crippen molar-refractivity contribution >= 4 is 33.5 Å². The molecule has 0 fully saturated rings. The molecule has 8 nitrogen and oxygen atoms in total. The Hall–Kier alpha value is -3.36. The molecule has 3 aromatic rings. The van der Waals surface area contributed by atoms with E-state index in [9.17, 15) is 9.59 Å². The van der Waals surface area contributed by atoms with Crippen molar-refractivity contribution in [3.05, 3.63) is 48.0 Å². The van der Waals surface area contributed by atoms with Gasteiger partial charge in [0.2, 0.25) is 0 Å². The summed E-state index contributed by atoms with van der Waals surface area (Å²) in [6, 6.07) is 14.0. The second kappa shape index (κ2) is 14.5. The molecule has 0 aliphatic carbocycles. The first-order valence-corrected chi connectivity index (χ1v) is 13.1. The van der Waals surface area contributed by atoms with Crippen molar-refractivity contribution in [2.45, 2.75) is 53.2 Å². The third kappa shape index (κ3) is 7.82. The van der Waals surface area contributed by atoms with Gasteiger partial charge in [-0.15, -0.1) is 0 Å². The van der Waals surface area contributed by atoms with E-state index >= 15 is 0 Å². The molecule has 2 unspecified atom stereocenters. The Balaban J connectivity index is 2.05. The Labute approximate surface area is 224 Å². The lowest BCUT2D eigenvalue weighted by molar-refractivity contribution is -0.152. The molecular weight excluding hydrogens is 488 g/mol. The second-order valence-electron chi connectivity index (χ2n) is 8.84. The van der Waals surface area contributed by atoms with Gasteiger partial charge in [0, 0.05) is 48.6 Å². The van der Waals surface area contributed by atoms with Crippen LogP contribution in [0, 0.1) is 0 Å². The van der Waals surface area contributed by atoms with Crippen LogP contribution in [0.1, 0.15) is 40.2 Å². The van der Waals surface area contributed by atoms with E-state index in [-0.39, 0.29) is 32.4 Å². The van der Waals surface area contributed by atoms with E-state index in [2.05, 4.69) is 19.1 Å². The molecule has 2 atom stereocenters. The number of aryl methyl sites for hydroxylation is 1. The monoisotopic (exact) mass is 526 g/mol. The lowest BCUT2D eigenvalue weighted by atomic mass is 9.98. The van der Waals surface area contributed by atoms with E-state index < -0.39 is 18.2 Å². The number of carbonyl (C=O) groups excluding carboxylic acids is 2. The fraction of sp³-hybridized carbons (Fsp3) is 0.467. The fourth-order valence-corrected chi connectivity index (χ4v) is 4.23. The zero-order valence-corrected chi connectivity index (χ0v) is 22.9. The highest BCUT2D eigenvalue weighted by Crippen LogP contribution is 2.43. The van der Waals surface area contributed by atoms with E-state index in [1.165, 1.54) is 13.8 Å². The van der Waals surface area contributed by atoms with Gasteiger partial charge >= 0.3 is 11.9 Å². The molecule has 0 radical (unpaired) electrons. The summed E-state index contributed by atoms with van der Waals surface area (Å²) in [5.41, 5.74) is 1.14. The third-order valence-corrected chi connectivity index (χ3v) is 5.91. The first-order chi connectivity index (χ1) is 18.4. The number of hydrogen-bond donors (Lipinski definition) is 0. The summed E-state index contributed by atoms with van der Waals surface area (Å²) in [5.74, 6) is 0.570. The molecule has 0 N–H and O–H groups in total. The van der Waals surface area contributed by atoms with Gasteiger partial charge in [0.05, 0.1) is 13.2 Å². The van der Waals surface area contributed by atoms with Crippen molar-refractivity contribution in [1.29, 1.82) is 0 Å². The van der Waals surface area contributed by atoms with Gasteiger partial charge in [0.25, 0.3) is 0 Å². The largest absolute Gasteiger partial charge is 0.488 e. The fourth-order valence-electron chi connectivity index (χ4n) is 4.23. The Morgan fingerprint density at radius 1 is 0.658 bits per heavy atom. The number of rotatable bonds is 15. The SMILES string of the molecule is CCOCC(COc1c2ccccc2c(OCC(COCC)OC(C)=O)c2cc(CC)ccc12)OC(C)=O. The van der Waals surface area contributed by atoms with Crippen molar-refractivity contribution in [2.24, 2.45) is 0 Å². The molecule has 0 amide bonds. The van der Waals surface area contributed by atoms with Gasteiger partial charge < -0.3 is 28.4 Å². The predicted molar refractivity (Wildman–Crippen MR) is 146 cm³/mol. The van der Waals surface area contributed by atoms with Crippen LogP contribution in [-0.2, 0) is 35.0 Å². The second-order valence-corrected chi connectivity index (χ2v) is 8.84. The zero-order chi connectivity index (χ0) is 27.5. The smallest absolute Gasteiger partial charge is 0.303 e. The van der Waals surface area contributed by atoms with Crippen molar-refractivity contribution in [3.8, 4) is 11.5 Å². The lowest BCUT2D eigenvalue weighted by Gasteiger charge is -2.22. The highest BCUT2D eigenvalue weighted by atomic mass is 16.6. The highest BCUT2D eigenvalue weighted by molar-refractivity contribution is 6.11. The Morgan fingerprint density at radius 2 is 1.13 bits per heavy atom. The first kappa shape index (κ1) is 29.2. The molecule has 0 saturated heterocycles. The van der Waals surface area contributed by atoms with Crippen LogP contribution < -0.4 is 9.47 Å². The number of ether oxygens (including phenoxy) is 6. The minimum absolute atomic E-state index is 0.136. The Kier molecular flexibility index (Phi) is 11.2. The molecule has 0 aliphatic heterocycles. The van der Waals surface area contributed by atoms with E-state index in [4.69, 9.17) is 28.4 Å². The van der Waals surface area contributed by atoms with Crippen LogP contribution in [0.15, 0.2) is 42.5 Å². The predicted octanol–water partition coefficient (Wildman–Crippen LogP) is 5.25. The van der Waals surface area contributed by atoms with Gasteiger partial charge in [-0.25, -0.2) is 0 Å². The number of benzene rings is 3. The summed E-state index contributed by atoms with van der Waals surface area (Å²) in [7, 11) is 0. The van der Waals surface area contributed by atoms with Gasteiger partial charge in [-0.2, -0.15) is 0 Å². The van der Waals surface area contributed by atoms with E-state index in [0.29, 0.717) is 24.7 Å². The van der Waals surface area contributed by atoms with E-state index in [0.717, 1.165) is 33.5 Å². The van der Waals surface area contributed by atoms with Gasteiger partial charge in [-0.1, -0.05) is 43.3 Å². The summed E-state index contributed by atoms with van der Waals surface area (Å²) in [4.78, 5) is 23.3. The Bertz CT molecular complexity index is 1220. The lowest BCUT2D eigenvalue weighted by Crippen LogP contribution is -2.29. The average Bonchev–Trinajstić information content (AvgIpc) is 2.90. The van der Waals surface area contributed by atoms with Crippen LogP contribution in [0.5, 0.6) is 11.5 Å². The summed E-state index contributed by atoms with van der Waals surface area (Å²) in [6.07, 6.45) is -0.244. The standard InChI is InChI=1S/C30H38O8/c1-6-22-13-14-27-28(15-22)30(36-19-24(17-34-8-3)38-21(5)32)26-12-10-9-11-25(26)29(27)35-18-23(16-33-7-2)37-20(4)31/h9-15,23-24H,6-8,16-19H2,1-5H3. The van der Waals surface area contributed by atoms with E-state index in [1.54, 1.807) is 0 Å². The molecule has 3 rings (SSSR count). The number of carbonyl (C=O) groups is 2. The minimum Gasteiger partial charge on any atom is -0.488 e. The van der Waals surface area contributed by atoms with Crippen molar-refractivity contribution in [3.63, 3.8) is 0 Å². The molecule has 0 bridgehead atoms. The quantitative estimate of drug-likeness (QED) is 0.196. The summed E-state index contributed by atoms with van der Waals surface area (Å²) >= 11 is 0. The van der Waals surface area contributed by atoms with Crippen LogP contribution >= 0.6 is 0 Å². The highest BCUT2D eigenvalue weighted by Gasteiger charge is 2.21. The summed E-state index contributed by atoms with van der Waals surface area (Å²) < 4.78 is 34.6. The topological polar surface area (TPSA) is 89.5 Å². The van der Waals surface area contributed by atoms with Gasteiger partial charge in [-0.3, -0.25) is 9.59 Å². The summed E-state index contributed by atoms with van der Waals surface area (Å²) in [6.45, 7) is 10.4. The van der Waals surface area contributed by atoms with Crippen LogP contribution in [0.4, 0.5) is 0 Å². The average molecular weight is 527 g/mol. The number of fused-ring (bicyclic) bond motifs is 2. The molecule has 0 aliphatic rings. The number of esters is 2. The van der Waals surface area contributed by atoms with Crippen LogP contribution in [-0.4, -0.2) is 63.8 Å². The first-order valence-electron chi connectivity index (χ1n) is 13.1. The molecule has 38 heavy (non-hydrogen) atoms. The maximum Gasteiger partial charge on any atom is 0.303 e. The van der Waals surface area contributed by atoms with Crippen molar-refractivity contribution < 1.29 is 38.0 Å². The van der Waals surface area contributed by atoms with Crippen LogP contribution in [0.3, 0.4) is 0 Å². The molecule has 8 heteroatoms. The number of hydrogen-bond acceptors (Lipinski definition) is 8. The molecular formula is C30H38O8. The maximum absolute atomic E-state index is 11.7. The summed E-state index contributed by atoms with van der Waals surface area (Å²) in [5, 5.41) is 3.45. The Morgan fingerprint density at radius 3 is 1.58 bits per heavy atom. The normalized spacial score (nSPS) is 12.8. The molecule has 0 heterocycles. The molecule has 0 saturated carbocycles. The maximum atomic E-state index is 11.7. The molecule has 3 aromatic carbocycles. The van der Waals surface area contributed by atoms with Gasteiger partial charge in [0.15, 0.2) is 12.2 Å². The third-order valence-electron chi connectivity index (χ3n) is 5.91. The molecule has 206 valence electrons. The van der Waals surface area contributed by atoms with Crippen LogP contribution in [0.25, 0.3) is 21.5 Å². The molecule has 0 aromatic heterocycles. The zero-order valence-electron chi connectivity index (χ0n) is 22.9. The minimum atomic E-state index is -0.547. The van der Waals surface area contributed by atoms with Crippen LogP contribution in [0.2, 0.25) is 0 Å². The van der Waals surface area contributed by atoms with Crippen molar-refractivity contribution in [1.82, 2.24) is 0 Å². The van der Waals surface area contributed by atoms with Gasteiger partial charge in [0.1, 0.15) is 24.7 Å². The van der Waals surface area contributed by atoms with E-state index in [1.807, 2.05) is 44.2 Å². The van der Waals surface area contributed by atoms with Gasteiger partial charge in [-0.05, 0) is 31.9 Å².